The summed E-state index contributed by atoms with van der Waals surface area (Å²) in [5, 5.41) is 18.2. The number of rotatable bonds is 5. The number of amides is 1. The van der Waals surface area contributed by atoms with Crippen LogP contribution in [0.5, 0.6) is 5.88 Å². The van der Waals surface area contributed by atoms with Crippen molar-refractivity contribution in [1.82, 2.24) is 29.9 Å². The average Bonchev–Trinajstić information content (AvgIpc) is 3.54. The van der Waals surface area contributed by atoms with Crippen molar-refractivity contribution in [3.63, 3.8) is 0 Å². The van der Waals surface area contributed by atoms with Gasteiger partial charge in [-0.25, -0.2) is 9.97 Å². The summed E-state index contributed by atoms with van der Waals surface area (Å²) in [4.78, 5) is 24.8. The van der Waals surface area contributed by atoms with Gasteiger partial charge in [0, 0.05) is 18.0 Å². The average molecular weight is 474 g/mol. The quantitative estimate of drug-likeness (QED) is 0.605. The SMILES string of the molecule is Cc1ccc(-n2nccn2)c(C(=O)N2C(CO)C3CC(Oc4ccc(C(F)(F)F)cn4)C2C3)n1. The lowest BCUT2D eigenvalue weighted by molar-refractivity contribution is -0.137. The zero-order valence-electron chi connectivity index (χ0n) is 18.1. The molecule has 12 heteroatoms. The molecule has 2 aliphatic rings. The molecule has 2 bridgehead atoms. The number of aliphatic hydroxyl groups excluding tert-OH is 1. The summed E-state index contributed by atoms with van der Waals surface area (Å²) < 4.78 is 44.4. The molecule has 9 nitrogen and oxygen atoms in total. The third-order valence-corrected chi connectivity index (χ3v) is 6.37. The molecule has 34 heavy (non-hydrogen) atoms. The zero-order valence-corrected chi connectivity index (χ0v) is 18.1. The number of piperidine rings is 1. The second-order valence-corrected chi connectivity index (χ2v) is 8.44. The van der Waals surface area contributed by atoms with Crippen LogP contribution in [0.25, 0.3) is 5.69 Å². The normalized spacial score (nSPS) is 24.0. The molecule has 4 atom stereocenters. The van der Waals surface area contributed by atoms with E-state index in [2.05, 4.69) is 20.2 Å². The molecule has 0 aromatic carbocycles. The van der Waals surface area contributed by atoms with Gasteiger partial charge in [-0.2, -0.15) is 23.4 Å². The first kappa shape index (κ1) is 22.3. The van der Waals surface area contributed by atoms with Crippen molar-refractivity contribution >= 4 is 5.91 Å². The van der Waals surface area contributed by atoms with Crippen molar-refractivity contribution < 1.29 is 27.8 Å². The van der Waals surface area contributed by atoms with Crippen LogP contribution in [0.3, 0.4) is 0 Å². The second-order valence-electron chi connectivity index (χ2n) is 8.44. The van der Waals surface area contributed by atoms with E-state index in [1.54, 1.807) is 24.0 Å². The summed E-state index contributed by atoms with van der Waals surface area (Å²) in [6.45, 7) is 1.54. The lowest BCUT2D eigenvalue weighted by atomic mass is 9.97. The van der Waals surface area contributed by atoms with E-state index in [9.17, 15) is 23.1 Å². The van der Waals surface area contributed by atoms with Gasteiger partial charge in [-0.3, -0.25) is 4.79 Å². The monoisotopic (exact) mass is 474 g/mol. The molecule has 2 fully saturated rings. The number of aromatic nitrogens is 5. The van der Waals surface area contributed by atoms with Crippen LogP contribution in [0.4, 0.5) is 13.2 Å². The number of carbonyl (C=O) groups is 1. The van der Waals surface area contributed by atoms with Crippen molar-refractivity contribution in [3.05, 3.63) is 59.8 Å². The standard InChI is InChI=1S/C22H21F3N6O3/c1-12-2-4-15(31-27-6-7-28-31)20(29-12)21(33)30-16-8-13(17(30)11-32)9-18(16)34-19-5-3-14(10-26-19)22(23,24)25/h2-7,10,13,16-18,32H,8-9,11H2,1H3. The Kier molecular flexibility index (Phi) is 5.47. The molecule has 1 amide bonds. The minimum atomic E-state index is -4.49. The van der Waals surface area contributed by atoms with Crippen molar-refractivity contribution in [2.75, 3.05) is 6.61 Å². The number of likely N-dealkylation sites (tertiary alicyclic amines) is 1. The minimum Gasteiger partial charge on any atom is -0.472 e. The van der Waals surface area contributed by atoms with Gasteiger partial charge in [0.2, 0.25) is 5.88 Å². The number of hydrogen-bond donors (Lipinski definition) is 1. The first-order chi connectivity index (χ1) is 16.3. The van der Waals surface area contributed by atoms with E-state index in [1.807, 2.05) is 0 Å². The van der Waals surface area contributed by atoms with Crippen molar-refractivity contribution in [1.29, 1.82) is 0 Å². The van der Waals surface area contributed by atoms with Gasteiger partial charge in [-0.05, 0) is 43.9 Å². The molecule has 1 aliphatic carbocycles. The van der Waals surface area contributed by atoms with Gasteiger partial charge in [0.15, 0.2) is 5.69 Å². The molecule has 1 saturated carbocycles. The number of alkyl halides is 3. The molecule has 4 unspecified atom stereocenters. The van der Waals surface area contributed by atoms with Crippen LogP contribution in [0.2, 0.25) is 0 Å². The number of hydrogen-bond acceptors (Lipinski definition) is 7. The van der Waals surface area contributed by atoms with Crippen LogP contribution in [0.1, 0.15) is 34.6 Å². The molecule has 5 rings (SSSR count). The summed E-state index contributed by atoms with van der Waals surface area (Å²) in [6, 6.07) is 4.73. The molecule has 4 heterocycles. The largest absolute Gasteiger partial charge is 0.472 e. The van der Waals surface area contributed by atoms with Crippen LogP contribution in [-0.2, 0) is 6.18 Å². The third-order valence-electron chi connectivity index (χ3n) is 6.37. The fraction of sp³-hybridized carbons (Fsp3) is 0.409. The highest BCUT2D eigenvalue weighted by Crippen LogP contribution is 2.44. The summed E-state index contributed by atoms with van der Waals surface area (Å²) in [7, 11) is 0. The van der Waals surface area contributed by atoms with Gasteiger partial charge in [0.1, 0.15) is 11.8 Å². The highest BCUT2D eigenvalue weighted by atomic mass is 19.4. The van der Waals surface area contributed by atoms with Gasteiger partial charge in [0.25, 0.3) is 5.91 Å². The summed E-state index contributed by atoms with van der Waals surface area (Å²) in [6.07, 6.45) is -0.107. The first-order valence-corrected chi connectivity index (χ1v) is 10.7. The Labute approximate surface area is 192 Å². The second kappa shape index (κ2) is 8.35. The summed E-state index contributed by atoms with van der Waals surface area (Å²) in [5.41, 5.74) is 0.316. The van der Waals surface area contributed by atoms with E-state index in [4.69, 9.17) is 4.74 Å². The Morgan fingerprint density at radius 2 is 1.94 bits per heavy atom. The minimum absolute atomic E-state index is 0.0190. The van der Waals surface area contributed by atoms with E-state index in [-0.39, 0.29) is 30.1 Å². The van der Waals surface area contributed by atoms with Crippen LogP contribution in [-0.4, -0.2) is 65.7 Å². The van der Waals surface area contributed by atoms with Crippen molar-refractivity contribution in [2.24, 2.45) is 5.92 Å². The Morgan fingerprint density at radius 1 is 1.18 bits per heavy atom. The number of fused-ring (bicyclic) bond motifs is 2. The molecule has 1 aliphatic heterocycles. The maximum Gasteiger partial charge on any atom is 0.417 e. The predicted molar refractivity (Wildman–Crippen MR) is 111 cm³/mol. The molecular weight excluding hydrogens is 453 g/mol. The predicted octanol–water partition coefficient (Wildman–Crippen LogP) is 2.43. The maximum atomic E-state index is 13.7. The van der Waals surface area contributed by atoms with Crippen LogP contribution < -0.4 is 4.74 Å². The molecule has 3 aromatic heterocycles. The first-order valence-electron chi connectivity index (χ1n) is 10.7. The van der Waals surface area contributed by atoms with Gasteiger partial charge in [-0.15, -0.1) is 4.80 Å². The van der Waals surface area contributed by atoms with Crippen molar-refractivity contribution in [3.8, 4) is 11.6 Å². The van der Waals surface area contributed by atoms with Crippen molar-refractivity contribution in [2.45, 2.75) is 44.1 Å². The highest BCUT2D eigenvalue weighted by molar-refractivity contribution is 5.96. The van der Waals surface area contributed by atoms with Gasteiger partial charge >= 0.3 is 6.18 Å². The van der Waals surface area contributed by atoms with Gasteiger partial charge in [0.05, 0.1) is 36.6 Å². The Bertz CT molecular complexity index is 1190. The zero-order chi connectivity index (χ0) is 24.0. The number of aliphatic hydroxyl groups is 1. The highest BCUT2D eigenvalue weighted by Gasteiger charge is 2.54. The van der Waals surface area contributed by atoms with Gasteiger partial charge < -0.3 is 14.7 Å². The number of ether oxygens (including phenoxy) is 1. The molecule has 0 radical (unpaired) electrons. The van der Waals surface area contributed by atoms with E-state index in [0.717, 1.165) is 12.3 Å². The Hall–Kier alpha value is -3.54. The third kappa shape index (κ3) is 3.87. The molecular formula is C22H21F3N6O3. The smallest absolute Gasteiger partial charge is 0.417 e. The molecule has 3 aromatic rings. The van der Waals surface area contributed by atoms with E-state index < -0.39 is 29.8 Å². The van der Waals surface area contributed by atoms with Crippen LogP contribution >= 0.6 is 0 Å². The molecule has 0 spiro atoms. The fourth-order valence-corrected chi connectivity index (χ4v) is 4.86. The molecule has 1 saturated heterocycles. The lowest BCUT2D eigenvalue weighted by Crippen LogP contribution is -2.53. The summed E-state index contributed by atoms with van der Waals surface area (Å²) >= 11 is 0. The number of aryl methyl sites for hydroxylation is 1. The van der Waals surface area contributed by atoms with E-state index in [0.29, 0.717) is 24.2 Å². The molecule has 1 N–H and O–H groups in total. The fourth-order valence-electron chi connectivity index (χ4n) is 4.86. The lowest BCUT2D eigenvalue weighted by Gasteiger charge is -2.38. The number of pyridine rings is 2. The van der Waals surface area contributed by atoms with Gasteiger partial charge in [-0.1, -0.05) is 0 Å². The number of halogens is 3. The number of carbonyl (C=O) groups excluding carboxylic acids is 1. The Morgan fingerprint density at radius 3 is 2.59 bits per heavy atom. The van der Waals surface area contributed by atoms with Crippen LogP contribution in [0.15, 0.2) is 42.9 Å². The molecule has 178 valence electrons. The van der Waals surface area contributed by atoms with E-state index in [1.165, 1.54) is 23.3 Å². The Balaban J connectivity index is 1.42. The number of nitrogens with zero attached hydrogens (tertiary/aromatic N) is 6. The van der Waals surface area contributed by atoms with Crippen LogP contribution in [0, 0.1) is 12.8 Å². The maximum absolute atomic E-state index is 13.7. The van der Waals surface area contributed by atoms with E-state index >= 15 is 0 Å². The summed E-state index contributed by atoms with van der Waals surface area (Å²) in [5.74, 6) is -0.362. The topological polar surface area (TPSA) is 106 Å².